The smallest absolute Gasteiger partial charge is 0.254 e. The lowest BCUT2D eigenvalue weighted by molar-refractivity contribution is -0.117. The van der Waals surface area contributed by atoms with Crippen LogP contribution in [-0.2, 0) is 11.3 Å². The number of halogens is 1. The van der Waals surface area contributed by atoms with Gasteiger partial charge in [-0.1, -0.05) is 54.6 Å². The maximum Gasteiger partial charge on any atom is 0.254 e. The number of anilines is 1. The van der Waals surface area contributed by atoms with Gasteiger partial charge < -0.3 is 9.32 Å². The third-order valence-corrected chi connectivity index (χ3v) is 6.03. The Bertz CT molecular complexity index is 1550. The van der Waals surface area contributed by atoms with E-state index < -0.39 is 5.91 Å². The maximum atomic E-state index is 14.4. The molecule has 8 heteroatoms. The minimum absolute atomic E-state index is 0.112. The lowest BCUT2D eigenvalue weighted by Gasteiger charge is -2.21. The van der Waals surface area contributed by atoms with E-state index >= 15 is 0 Å². The Morgan fingerprint density at radius 2 is 1.71 bits per heavy atom. The number of carbonyl (C=O) groups is 2. The highest BCUT2D eigenvalue weighted by molar-refractivity contribution is 5.99. The molecule has 3 aromatic carbocycles. The molecule has 0 aliphatic heterocycles. The number of hydrogen-bond acceptors (Lipinski definition) is 4. The third-order valence-electron chi connectivity index (χ3n) is 6.03. The monoisotopic (exact) mass is 508 g/mol. The molecule has 0 atom stereocenters. The molecule has 2 aromatic heterocycles. The summed E-state index contributed by atoms with van der Waals surface area (Å²) < 4.78 is 21.5. The van der Waals surface area contributed by atoms with Crippen LogP contribution in [0.3, 0.4) is 0 Å². The number of nitrogens with zero attached hydrogens (tertiary/aromatic N) is 3. The standard InChI is InChI=1S/C30H25FN4O3/c1-21-14-15-24(17-26(21)31)35-19-27(22-9-4-2-5-10-22)32-30(35)33-28(36)20-34(18-25-13-8-16-38-25)29(37)23-11-6-3-7-12-23/h2-17,19H,18,20H2,1H3,(H,32,33,36). The summed E-state index contributed by atoms with van der Waals surface area (Å²) in [6, 6.07) is 26.5. The van der Waals surface area contributed by atoms with Gasteiger partial charge in [0.05, 0.1) is 24.2 Å². The van der Waals surface area contributed by atoms with Crippen LogP contribution >= 0.6 is 0 Å². The van der Waals surface area contributed by atoms with Crippen LogP contribution in [0.5, 0.6) is 0 Å². The molecule has 1 N–H and O–H groups in total. The zero-order chi connectivity index (χ0) is 26.5. The molecule has 0 aliphatic carbocycles. The molecule has 0 fully saturated rings. The van der Waals surface area contributed by atoms with Gasteiger partial charge in [0.25, 0.3) is 5.91 Å². The van der Waals surface area contributed by atoms with Crippen molar-refractivity contribution in [3.63, 3.8) is 0 Å². The van der Waals surface area contributed by atoms with Crippen molar-refractivity contribution >= 4 is 17.8 Å². The largest absolute Gasteiger partial charge is 0.467 e. The quantitative estimate of drug-likeness (QED) is 0.285. The Kier molecular flexibility index (Phi) is 7.13. The summed E-state index contributed by atoms with van der Waals surface area (Å²) >= 11 is 0. The van der Waals surface area contributed by atoms with Crippen molar-refractivity contribution in [2.45, 2.75) is 13.5 Å². The molecule has 0 spiro atoms. The average molecular weight is 509 g/mol. The second kappa shape index (κ2) is 11.0. The molecule has 5 rings (SSSR count). The van der Waals surface area contributed by atoms with Crippen molar-refractivity contribution in [2.75, 3.05) is 11.9 Å². The van der Waals surface area contributed by atoms with Gasteiger partial charge in [-0.25, -0.2) is 9.37 Å². The van der Waals surface area contributed by atoms with Crippen molar-refractivity contribution in [3.8, 4) is 16.9 Å². The number of nitrogens with one attached hydrogen (secondary N) is 1. The summed E-state index contributed by atoms with van der Waals surface area (Å²) in [5, 5.41) is 2.82. The molecule has 2 heterocycles. The van der Waals surface area contributed by atoms with Gasteiger partial charge in [0.1, 0.15) is 18.1 Å². The zero-order valence-electron chi connectivity index (χ0n) is 20.7. The molecule has 0 bridgehead atoms. The van der Waals surface area contributed by atoms with Crippen molar-refractivity contribution in [1.82, 2.24) is 14.5 Å². The first-order valence-electron chi connectivity index (χ1n) is 12.1. The number of aromatic nitrogens is 2. The van der Waals surface area contributed by atoms with Crippen LogP contribution in [0.4, 0.5) is 10.3 Å². The number of amides is 2. The van der Waals surface area contributed by atoms with Gasteiger partial charge in [0.15, 0.2) is 0 Å². The lowest BCUT2D eigenvalue weighted by Crippen LogP contribution is -2.37. The molecule has 0 aliphatic rings. The lowest BCUT2D eigenvalue weighted by atomic mass is 10.2. The van der Waals surface area contributed by atoms with E-state index in [-0.39, 0.29) is 30.8 Å². The first-order chi connectivity index (χ1) is 18.5. The fourth-order valence-corrected chi connectivity index (χ4v) is 4.04. The third kappa shape index (κ3) is 5.54. The van der Waals surface area contributed by atoms with Gasteiger partial charge in [0.2, 0.25) is 11.9 Å². The fourth-order valence-electron chi connectivity index (χ4n) is 4.04. The van der Waals surface area contributed by atoms with E-state index in [4.69, 9.17) is 4.42 Å². The van der Waals surface area contributed by atoms with Gasteiger partial charge in [0, 0.05) is 17.3 Å². The van der Waals surface area contributed by atoms with Crippen molar-refractivity contribution in [2.24, 2.45) is 0 Å². The van der Waals surface area contributed by atoms with E-state index in [1.165, 1.54) is 17.2 Å². The highest BCUT2D eigenvalue weighted by Gasteiger charge is 2.22. The van der Waals surface area contributed by atoms with Crippen LogP contribution < -0.4 is 5.32 Å². The molecule has 38 heavy (non-hydrogen) atoms. The van der Waals surface area contributed by atoms with Gasteiger partial charge >= 0.3 is 0 Å². The molecule has 5 aromatic rings. The number of hydrogen-bond donors (Lipinski definition) is 1. The number of aryl methyl sites for hydroxylation is 1. The molecule has 0 unspecified atom stereocenters. The van der Waals surface area contributed by atoms with Crippen LogP contribution in [0.1, 0.15) is 21.7 Å². The highest BCUT2D eigenvalue weighted by Crippen LogP contribution is 2.25. The van der Waals surface area contributed by atoms with Crippen LogP contribution in [0.15, 0.2) is 108 Å². The molecular weight excluding hydrogens is 483 g/mol. The molecule has 0 saturated heterocycles. The number of carbonyl (C=O) groups excluding carboxylic acids is 2. The number of benzene rings is 3. The first-order valence-corrected chi connectivity index (χ1v) is 12.1. The van der Waals surface area contributed by atoms with Crippen LogP contribution in [-0.4, -0.2) is 32.8 Å². The average Bonchev–Trinajstić information content (AvgIpc) is 3.61. The first kappa shape index (κ1) is 24.7. The number of rotatable bonds is 8. The van der Waals surface area contributed by atoms with Gasteiger partial charge in [-0.05, 0) is 48.9 Å². The van der Waals surface area contributed by atoms with Gasteiger partial charge in [-0.3, -0.25) is 19.5 Å². The topological polar surface area (TPSA) is 80.4 Å². The Labute approximate surface area is 219 Å². The summed E-state index contributed by atoms with van der Waals surface area (Å²) in [6.45, 7) is 1.55. The SMILES string of the molecule is Cc1ccc(-n2cc(-c3ccccc3)nc2NC(=O)CN(Cc2ccco2)C(=O)c2ccccc2)cc1F. The summed E-state index contributed by atoms with van der Waals surface area (Å²) in [5.74, 6) is -0.383. The van der Waals surface area contributed by atoms with E-state index in [0.29, 0.717) is 28.3 Å². The minimum atomic E-state index is -0.458. The van der Waals surface area contributed by atoms with Gasteiger partial charge in [-0.2, -0.15) is 0 Å². The molecule has 0 saturated carbocycles. The van der Waals surface area contributed by atoms with Crippen LogP contribution in [0.25, 0.3) is 16.9 Å². The fraction of sp³-hybridized carbons (Fsp3) is 0.100. The Morgan fingerprint density at radius 1 is 0.974 bits per heavy atom. The Hall–Kier alpha value is -4.98. The molecule has 7 nitrogen and oxygen atoms in total. The molecule has 2 amide bonds. The maximum absolute atomic E-state index is 14.4. The summed E-state index contributed by atoms with van der Waals surface area (Å²) in [6.07, 6.45) is 3.26. The summed E-state index contributed by atoms with van der Waals surface area (Å²) in [5.41, 5.74) is 2.92. The van der Waals surface area contributed by atoms with E-state index in [0.717, 1.165) is 5.56 Å². The van der Waals surface area contributed by atoms with Crippen molar-refractivity contribution in [3.05, 3.63) is 126 Å². The number of imidazole rings is 1. The van der Waals surface area contributed by atoms with Crippen LogP contribution in [0, 0.1) is 12.7 Å². The summed E-state index contributed by atoms with van der Waals surface area (Å²) in [4.78, 5) is 32.5. The summed E-state index contributed by atoms with van der Waals surface area (Å²) in [7, 11) is 0. The van der Waals surface area contributed by atoms with Crippen molar-refractivity contribution < 1.29 is 18.4 Å². The molecule has 0 radical (unpaired) electrons. The van der Waals surface area contributed by atoms with E-state index in [1.807, 2.05) is 36.4 Å². The van der Waals surface area contributed by atoms with E-state index in [1.54, 1.807) is 66.2 Å². The van der Waals surface area contributed by atoms with Gasteiger partial charge in [-0.15, -0.1) is 0 Å². The van der Waals surface area contributed by atoms with E-state index in [2.05, 4.69) is 10.3 Å². The predicted octanol–water partition coefficient (Wildman–Crippen LogP) is 5.86. The zero-order valence-corrected chi connectivity index (χ0v) is 20.7. The number of furan rings is 1. The van der Waals surface area contributed by atoms with Crippen molar-refractivity contribution in [1.29, 1.82) is 0 Å². The minimum Gasteiger partial charge on any atom is -0.467 e. The predicted molar refractivity (Wildman–Crippen MR) is 142 cm³/mol. The second-order valence-electron chi connectivity index (χ2n) is 8.77. The van der Waals surface area contributed by atoms with Crippen LogP contribution in [0.2, 0.25) is 0 Å². The highest BCUT2D eigenvalue weighted by atomic mass is 19.1. The molecular formula is C30H25FN4O3. The Balaban J connectivity index is 1.44. The Morgan fingerprint density at radius 3 is 2.39 bits per heavy atom. The van der Waals surface area contributed by atoms with E-state index in [9.17, 15) is 14.0 Å². The normalized spacial score (nSPS) is 10.8. The second-order valence-corrected chi connectivity index (χ2v) is 8.77. The molecule has 190 valence electrons.